The lowest BCUT2D eigenvalue weighted by molar-refractivity contribution is 0.227. The molecule has 1 aliphatic rings. The van der Waals surface area contributed by atoms with Crippen LogP contribution >= 0.6 is 0 Å². The quantitative estimate of drug-likeness (QED) is 0.827. The van der Waals surface area contributed by atoms with Gasteiger partial charge in [0, 0.05) is 6.04 Å². The summed E-state index contributed by atoms with van der Waals surface area (Å²) in [6.07, 6.45) is 6.79. The minimum absolute atomic E-state index is 0.250. The Morgan fingerprint density at radius 1 is 1.14 bits per heavy atom. The van der Waals surface area contributed by atoms with Crippen LogP contribution in [0.25, 0.3) is 0 Å². The maximum absolute atomic E-state index is 3.59. The average Bonchev–Trinajstić information content (AvgIpc) is 2.44. The van der Waals surface area contributed by atoms with E-state index in [1.165, 1.54) is 36.8 Å². The third-order valence-electron chi connectivity index (χ3n) is 5.19. The van der Waals surface area contributed by atoms with E-state index in [2.05, 4.69) is 64.3 Å². The van der Waals surface area contributed by atoms with Gasteiger partial charge in [0.05, 0.1) is 0 Å². The van der Waals surface area contributed by atoms with Crippen LogP contribution in [0, 0.1) is 11.8 Å². The zero-order valence-electron chi connectivity index (χ0n) is 14.6. The molecule has 1 N–H and O–H groups in total. The highest BCUT2D eigenvalue weighted by atomic mass is 14.9. The van der Waals surface area contributed by atoms with Crippen LogP contribution in [0.2, 0.25) is 0 Å². The maximum atomic E-state index is 3.59. The summed E-state index contributed by atoms with van der Waals surface area (Å²) in [5.41, 5.74) is 3.15. The standard InChI is InChI=1S/C20H33N/c1-15-7-6-8-17(13-15)19(21-5)14-16-9-11-18(12-10-16)20(2,3)4/h9-12,15,17,19,21H,6-8,13-14H2,1-5H3. The summed E-state index contributed by atoms with van der Waals surface area (Å²) in [5, 5.41) is 3.59. The van der Waals surface area contributed by atoms with Crippen LogP contribution in [-0.2, 0) is 11.8 Å². The molecule has 2 rings (SSSR count). The van der Waals surface area contributed by atoms with Gasteiger partial charge in [-0.25, -0.2) is 0 Å². The highest BCUT2D eigenvalue weighted by Crippen LogP contribution is 2.32. The van der Waals surface area contributed by atoms with Crippen molar-refractivity contribution in [2.24, 2.45) is 11.8 Å². The van der Waals surface area contributed by atoms with Crippen molar-refractivity contribution in [3.8, 4) is 0 Å². The van der Waals surface area contributed by atoms with Crippen LogP contribution in [0.5, 0.6) is 0 Å². The van der Waals surface area contributed by atoms with E-state index in [4.69, 9.17) is 0 Å². The molecule has 1 aliphatic carbocycles. The van der Waals surface area contributed by atoms with E-state index in [0.717, 1.165) is 18.3 Å². The van der Waals surface area contributed by atoms with Crippen LogP contribution in [0.3, 0.4) is 0 Å². The fraction of sp³-hybridized carbons (Fsp3) is 0.700. The Balaban J connectivity index is 2.01. The molecule has 3 unspecified atom stereocenters. The largest absolute Gasteiger partial charge is 0.316 e. The molecule has 0 aromatic heterocycles. The first-order valence-corrected chi connectivity index (χ1v) is 8.67. The summed E-state index contributed by atoms with van der Waals surface area (Å²) >= 11 is 0. The zero-order valence-corrected chi connectivity index (χ0v) is 14.6. The molecule has 0 saturated heterocycles. The van der Waals surface area contributed by atoms with E-state index in [1.807, 2.05) is 0 Å². The Kier molecular flexibility index (Phi) is 5.48. The molecule has 0 aliphatic heterocycles. The van der Waals surface area contributed by atoms with Gasteiger partial charge in [-0.15, -0.1) is 0 Å². The van der Waals surface area contributed by atoms with Crippen LogP contribution in [0.4, 0.5) is 0 Å². The van der Waals surface area contributed by atoms with Crippen molar-refractivity contribution in [3.63, 3.8) is 0 Å². The molecule has 1 aromatic carbocycles. The predicted molar refractivity (Wildman–Crippen MR) is 92.8 cm³/mol. The second kappa shape index (κ2) is 6.96. The first-order valence-electron chi connectivity index (χ1n) is 8.67. The molecule has 1 saturated carbocycles. The van der Waals surface area contributed by atoms with Gasteiger partial charge in [-0.1, -0.05) is 64.8 Å². The monoisotopic (exact) mass is 287 g/mol. The smallest absolute Gasteiger partial charge is 0.0133 e. The Morgan fingerprint density at radius 3 is 2.33 bits per heavy atom. The van der Waals surface area contributed by atoms with E-state index in [1.54, 1.807) is 0 Å². The number of benzene rings is 1. The summed E-state index contributed by atoms with van der Waals surface area (Å²) in [7, 11) is 2.13. The third kappa shape index (κ3) is 4.57. The van der Waals surface area contributed by atoms with Crippen LogP contribution in [0.15, 0.2) is 24.3 Å². The van der Waals surface area contributed by atoms with Crippen LogP contribution in [-0.4, -0.2) is 13.1 Å². The SMILES string of the molecule is CNC(Cc1ccc(C(C)(C)C)cc1)C1CCCC(C)C1. The minimum Gasteiger partial charge on any atom is -0.316 e. The fourth-order valence-corrected chi connectivity index (χ4v) is 3.75. The third-order valence-corrected chi connectivity index (χ3v) is 5.19. The molecule has 1 aromatic rings. The van der Waals surface area contributed by atoms with Gasteiger partial charge in [0.15, 0.2) is 0 Å². The molecular formula is C20H33N. The second-order valence-electron chi connectivity index (χ2n) is 8.08. The summed E-state index contributed by atoms with van der Waals surface area (Å²) in [6, 6.07) is 9.92. The van der Waals surface area contributed by atoms with Crippen molar-refractivity contribution in [2.45, 2.75) is 71.3 Å². The predicted octanol–water partition coefficient (Wildman–Crippen LogP) is 4.94. The Morgan fingerprint density at radius 2 is 1.81 bits per heavy atom. The van der Waals surface area contributed by atoms with Crippen molar-refractivity contribution >= 4 is 0 Å². The Bertz CT molecular complexity index is 426. The molecule has 0 radical (unpaired) electrons. The number of rotatable bonds is 4. The van der Waals surface area contributed by atoms with Gasteiger partial charge in [-0.3, -0.25) is 0 Å². The summed E-state index contributed by atoms with van der Waals surface area (Å²) in [4.78, 5) is 0. The molecule has 0 heterocycles. The first-order chi connectivity index (χ1) is 9.90. The maximum Gasteiger partial charge on any atom is 0.0133 e. The van der Waals surface area contributed by atoms with Crippen LogP contribution in [0.1, 0.15) is 64.5 Å². The van der Waals surface area contributed by atoms with E-state index >= 15 is 0 Å². The Labute approximate surface area is 131 Å². The van der Waals surface area contributed by atoms with E-state index in [9.17, 15) is 0 Å². The molecule has 1 heteroatoms. The molecule has 118 valence electrons. The van der Waals surface area contributed by atoms with Crippen molar-refractivity contribution in [3.05, 3.63) is 35.4 Å². The van der Waals surface area contributed by atoms with Gasteiger partial charge in [0.1, 0.15) is 0 Å². The van der Waals surface area contributed by atoms with Crippen molar-refractivity contribution in [1.29, 1.82) is 0 Å². The number of likely N-dealkylation sites (N-methyl/N-ethyl adjacent to an activating group) is 1. The lowest BCUT2D eigenvalue weighted by atomic mass is 9.77. The normalized spacial score (nSPS) is 24.8. The van der Waals surface area contributed by atoms with E-state index in [0.29, 0.717) is 6.04 Å². The topological polar surface area (TPSA) is 12.0 Å². The average molecular weight is 287 g/mol. The second-order valence-corrected chi connectivity index (χ2v) is 8.08. The fourth-order valence-electron chi connectivity index (χ4n) is 3.75. The van der Waals surface area contributed by atoms with Gasteiger partial charge in [-0.2, -0.15) is 0 Å². The Hall–Kier alpha value is -0.820. The molecule has 3 atom stereocenters. The van der Waals surface area contributed by atoms with Gasteiger partial charge in [0.25, 0.3) is 0 Å². The summed E-state index contributed by atoms with van der Waals surface area (Å²) < 4.78 is 0. The van der Waals surface area contributed by atoms with Gasteiger partial charge in [0.2, 0.25) is 0 Å². The van der Waals surface area contributed by atoms with Crippen molar-refractivity contribution in [1.82, 2.24) is 5.32 Å². The van der Waals surface area contributed by atoms with Crippen molar-refractivity contribution < 1.29 is 0 Å². The highest BCUT2D eigenvalue weighted by molar-refractivity contribution is 5.28. The molecule has 1 nitrogen and oxygen atoms in total. The van der Waals surface area contributed by atoms with Crippen molar-refractivity contribution in [2.75, 3.05) is 7.05 Å². The molecule has 21 heavy (non-hydrogen) atoms. The number of hydrogen-bond acceptors (Lipinski definition) is 1. The number of hydrogen-bond donors (Lipinski definition) is 1. The first kappa shape index (κ1) is 16.5. The van der Waals surface area contributed by atoms with E-state index < -0.39 is 0 Å². The molecule has 1 fully saturated rings. The van der Waals surface area contributed by atoms with Gasteiger partial charge >= 0.3 is 0 Å². The van der Waals surface area contributed by atoms with Gasteiger partial charge in [-0.05, 0) is 54.7 Å². The number of nitrogens with one attached hydrogen (secondary N) is 1. The van der Waals surface area contributed by atoms with Gasteiger partial charge < -0.3 is 5.32 Å². The molecule has 0 spiro atoms. The molecule has 0 bridgehead atoms. The molecular weight excluding hydrogens is 254 g/mol. The minimum atomic E-state index is 0.250. The van der Waals surface area contributed by atoms with E-state index in [-0.39, 0.29) is 5.41 Å². The zero-order chi connectivity index (χ0) is 15.5. The summed E-state index contributed by atoms with van der Waals surface area (Å²) in [5.74, 6) is 1.75. The highest BCUT2D eigenvalue weighted by Gasteiger charge is 2.25. The van der Waals surface area contributed by atoms with Crippen LogP contribution < -0.4 is 5.32 Å². The lowest BCUT2D eigenvalue weighted by Gasteiger charge is -2.33. The summed E-state index contributed by atoms with van der Waals surface area (Å²) in [6.45, 7) is 9.25. The molecule has 0 amide bonds. The lowest BCUT2D eigenvalue weighted by Crippen LogP contribution is -2.37.